The van der Waals surface area contributed by atoms with Crippen LogP contribution in [0.3, 0.4) is 0 Å². The van der Waals surface area contributed by atoms with Crippen molar-refractivity contribution in [2.24, 2.45) is 0 Å². The van der Waals surface area contributed by atoms with Crippen molar-refractivity contribution in [3.05, 3.63) is 32.1 Å². The van der Waals surface area contributed by atoms with Crippen molar-refractivity contribution in [3.63, 3.8) is 0 Å². The van der Waals surface area contributed by atoms with Crippen LogP contribution in [0.5, 0.6) is 0 Å². The molecule has 1 heterocycles. The Hall–Kier alpha value is -1.99. The van der Waals surface area contributed by atoms with Gasteiger partial charge in [-0.25, -0.2) is 0 Å². The van der Waals surface area contributed by atoms with Gasteiger partial charge in [0.05, 0.1) is 15.1 Å². The smallest absolute Gasteiger partial charge is 0.339 e. The van der Waals surface area contributed by atoms with Gasteiger partial charge in [-0.15, -0.1) is 0 Å². The van der Waals surface area contributed by atoms with Gasteiger partial charge >= 0.3 is 5.69 Å². The molecule has 1 rings (SSSR count). The van der Waals surface area contributed by atoms with Crippen molar-refractivity contribution in [1.82, 2.24) is 9.89 Å². The number of nitro groups is 2. The lowest BCUT2D eigenvalue weighted by molar-refractivity contribution is -0.554. The molecule has 0 amide bonds. The second kappa shape index (κ2) is 2.57. The van der Waals surface area contributed by atoms with Crippen LogP contribution in [-0.4, -0.2) is 19.8 Å². The van der Waals surface area contributed by atoms with Crippen LogP contribution in [0, 0.1) is 27.2 Å². The number of aromatic nitrogens is 2. The van der Waals surface area contributed by atoms with Gasteiger partial charge in [0, 0.05) is 4.79 Å². The molecule has 0 aliphatic carbocycles. The molecule has 0 aromatic carbocycles. The van der Waals surface area contributed by atoms with E-state index < -0.39 is 9.96 Å². The molecule has 0 fully saturated rings. The third-order valence-corrected chi connectivity index (χ3v) is 1.31. The van der Waals surface area contributed by atoms with Crippen LogP contribution >= 0.6 is 0 Å². The fourth-order valence-electron chi connectivity index (χ4n) is 0.736. The summed E-state index contributed by atoms with van der Waals surface area (Å²) in [5, 5.41) is 22.7. The Labute approximate surface area is 65.7 Å². The third-order valence-electron chi connectivity index (χ3n) is 1.31. The normalized spacial score (nSPS) is 9.75. The summed E-state index contributed by atoms with van der Waals surface area (Å²) in [5.74, 6) is 0. The zero-order chi connectivity index (χ0) is 9.30. The van der Waals surface area contributed by atoms with E-state index in [0.29, 0.717) is 4.79 Å². The zero-order valence-electron chi connectivity index (χ0n) is 6.00. The standard InChI is InChI=1S/C4H4N4O4/c1-3-4(7(9)10)2-5-6(3)8(11)12/h2H,1H3. The van der Waals surface area contributed by atoms with Crippen molar-refractivity contribution in [2.45, 2.75) is 6.92 Å². The van der Waals surface area contributed by atoms with Gasteiger partial charge < -0.3 is 10.1 Å². The fourth-order valence-corrected chi connectivity index (χ4v) is 0.736. The Bertz CT molecular complexity index is 311. The largest absolute Gasteiger partial charge is 0.342 e. The van der Waals surface area contributed by atoms with Crippen LogP contribution in [-0.2, 0) is 0 Å². The molecule has 12 heavy (non-hydrogen) atoms. The van der Waals surface area contributed by atoms with Crippen molar-refractivity contribution < 1.29 is 9.96 Å². The molecule has 0 aliphatic heterocycles. The lowest BCUT2D eigenvalue weighted by Gasteiger charge is -1.91. The average molecular weight is 172 g/mol. The number of rotatable bonds is 2. The minimum Gasteiger partial charge on any atom is -0.339 e. The first-order valence-corrected chi connectivity index (χ1v) is 2.87. The van der Waals surface area contributed by atoms with Gasteiger partial charge in [0.15, 0.2) is 5.69 Å². The maximum absolute atomic E-state index is 10.2. The van der Waals surface area contributed by atoms with Gasteiger partial charge in [-0.3, -0.25) is 10.1 Å². The fraction of sp³-hybridized carbons (Fsp3) is 0.250. The molecule has 0 radical (unpaired) electrons. The number of hydrogen-bond acceptors (Lipinski definition) is 5. The third kappa shape index (κ3) is 1.09. The summed E-state index contributed by atoms with van der Waals surface area (Å²) in [5.41, 5.74) is -0.447. The maximum atomic E-state index is 10.2. The molecule has 0 saturated heterocycles. The Morgan fingerprint density at radius 3 is 2.33 bits per heavy atom. The summed E-state index contributed by atoms with van der Waals surface area (Å²) < 4.78 is 0. The topological polar surface area (TPSA) is 104 Å². The molecule has 8 heteroatoms. The summed E-state index contributed by atoms with van der Waals surface area (Å²) >= 11 is 0. The lowest BCUT2D eigenvalue weighted by Crippen LogP contribution is -2.11. The molecule has 0 bridgehead atoms. The molecule has 0 unspecified atom stereocenters. The van der Waals surface area contributed by atoms with E-state index >= 15 is 0 Å². The highest BCUT2D eigenvalue weighted by atomic mass is 16.7. The highest BCUT2D eigenvalue weighted by Gasteiger charge is 2.23. The van der Waals surface area contributed by atoms with Crippen molar-refractivity contribution in [1.29, 1.82) is 0 Å². The Kier molecular flexibility index (Phi) is 1.73. The van der Waals surface area contributed by atoms with Gasteiger partial charge in [0.1, 0.15) is 0 Å². The van der Waals surface area contributed by atoms with Gasteiger partial charge in [-0.05, 0) is 6.92 Å². The second-order valence-electron chi connectivity index (χ2n) is 2.00. The molecule has 64 valence electrons. The van der Waals surface area contributed by atoms with Crippen LogP contribution in [0.4, 0.5) is 5.69 Å². The summed E-state index contributed by atoms with van der Waals surface area (Å²) in [6.45, 7) is 1.26. The van der Waals surface area contributed by atoms with Crippen LogP contribution in [0.15, 0.2) is 6.20 Å². The van der Waals surface area contributed by atoms with E-state index in [1.807, 2.05) is 0 Å². The average Bonchev–Trinajstić information content (AvgIpc) is 2.30. The summed E-state index contributed by atoms with van der Waals surface area (Å²) in [7, 11) is 0. The maximum Gasteiger partial charge on any atom is 0.342 e. The molecule has 1 aromatic rings. The van der Waals surface area contributed by atoms with E-state index in [2.05, 4.69) is 5.10 Å². The van der Waals surface area contributed by atoms with Crippen LogP contribution in [0.2, 0.25) is 0 Å². The van der Waals surface area contributed by atoms with E-state index in [1.54, 1.807) is 0 Å². The molecule has 8 nitrogen and oxygen atoms in total. The molecule has 0 spiro atoms. The molecule has 0 atom stereocenters. The minimum atomic E-state index is -0.831. The van der Waals surface area contributed by atoms with E-state index in [4.69, 9.17) is 0 Å². The predicted molar refractivity (Wildman–Crippen MR) is 36.0 cm³/mol. The van der Waals surface area contributed by atoms with E-state index in [9.17, 15) is 20.2 Å². The molecule has 0 N–H and O–H groups in total. The first-order valence-electron chi connectivity index (χ1n) is 2.87. The van der Waals surface area contributed by atoms with Gasteiger partial charge in [0.2, 0.25) is 6.20 Å². The molecule has 0 saturated carbocycles. The van der Waals surface area contributed by atoms with Crippen molar-refractivity contribution in [2.75, 3.05) is 0 Å². The minimum absolute atomic E-state index is 0.0926. The van der Waals surface area contributed by atoms with Crippen LogP contribution in [0.1, 0.15) is 5.69 Å². The van der Waals surface area contributed by atoms with Gasteiger partial charge in [0.25, 0.3) is 0 Å². The summed E-state index contributed by atoms with van der Waals surface area (Å²) in [4.78, 5) is 20.0. The zero-order valence-corrected chi connectivity index (χ0v) is 6.00. The first-order chi connectivity index (χ1) is 5.54. The van der Waals surface area contributed by atoms with E-state index in [-0.39, 0.29) is 11.4 Å². The quantitative estimate of drug-likeness (QED) is 0.466. The van der Waals surface area contributed by atoms with Crippen molar-refractivity contribution in [3.8, 4) is 0 Å². The first kappa shape index (κ1) is 8.11. The van der Waals surface area contributed by atoms with E-state index in [0.717, 1.165) is 6.20 Å². The Morgan fingerprint density at radius 2 is 2.08 bits per heavy atom. The monoisotopic (exact) mass is 172 g/mol. The molecular formula is C4H4N4O4. The lowest BCUT2D eigenvalue weighted by atomic mass is 10.4. The van der Waals surface area contributed by atoms with Gasteiger partial charge in [-0.2, -0.15) is 0 Å². The number of nitrogens with zero attached hydrogens (tertiary/aromatic N) is 4. The molecular weight excluding hydrogens is 168 g/mol. The van der Waals surface area contributed by atoms with Crippen molar-refractivity contribution >= 4 is 5.69 Å². The predicted octanol–water partition coefficient (Wildman–Crippen LogP) is 0.140. The highest BCUT2D eigenvalue weighted by molar-refractivity contribution is 5.30. The summed E-state index contributed by atoms with van der Waals surface area (Å²) in [6, 6.07) is 0. The van der Waals surface area contributed by atoms with E-state index in [1.165, 1.54) is 6.92 Å². The SMILES string of the molecule is Cc1c([N+](=O)[O-])cnn1[N+](=O)[O-]. The molecule has 1 aromatic heterocycles. The van der Waals surface area contributed by atoms with Crippen LogP contribution in [0.25, 0.3) is 0 Å². The summed E-state index contributed by atoms with van der Waals surface area (Å²) in [6.07, 6.45) is 0.845. The second-order valence-corrected chi connectivity index (χ2v) is 2.00. The van der Waals surface area contributed by atoms with Crippen LogP contribution < -0.4 is 0 Å². The Balaban J connectivity index is 3.22. The van der Waals surface area contributed by atoms with Gasteiger partial charge in [-0.1, -0.05) is 0 Å². The highest BCUT2D eigenvalue weighted by Crippen LogP contribution is 2.14. The number of hydrogen-bond donors (Lipinski definition) is 0. The Morgan fingerprint density at radius 1 is 1.50 bits per heavy atom. The molecule has 0 aliphatic rings.